The van der Waals surface area contributed by atoms with Gasteiger partial charge in [-0.1, -0.05) is 24.6 Å². The molecule has 1 amide bonds. The highest BCUT2D eigenvalue weighted by Crippen LogP contribution is 2.20. The molecule has 0 saturated carbocycles. The maximum Gasteiger partial charge on any atom is 0.224 e. The summed E-state index contributed by atoms with van der Waals surface area (Å²) in [5.41, 5.74) is 7.04. The summed E-state index contributed by atoms with van der Waals surface area (Å²) in [5, 5.41) is 3.96. The Kier molecular flexibility index (Phi) is 4.86. The molecule has 0 radical (unpaired) electrons. The number of pyridine rings is 1. The van der Waals surface area contributed by atoms with Crippen LogP contribution in [0.15, 0.2) is 36.5 Å². The average molecular weight is 257 g/mol. The van der Waals surface area contributed by atoms with Crippen molar-refractivity contribution in [2.75, 3.05) is 11.9 Å². The van der Waals surface area contributed by atoms with Crippen LogP contribution in [0, 0.1) is 0 Å². The van der Waals surface area contributed by atoms with Gasteiger partial charge in [0.2, 0.25) is 5.91 Å². The van der Waals surface area contributed by atoms with Gasteiger partial charge in [-0.25, -0.2) is 0 Å². The Morgan fingerprint density at radius 2 is 2.00 bits per heavy atom. The molecule has 0 atom stereocenters. The van der Waals surface area contributed by atoms with Gasteiger partial charge in [0.25, 0.3) is 0 Å². The van der Waals surface area contributed by atoms with E-state index in [9.17, 15) is 4.79 Å². The van der Waals surface area contributed by atoms with E-state index in [2.05, 4.69) is 10.3 Å². The van der Waals surface area contributed by atoms with Crippen LogP contribution < -0.4 is 11.1 Å². The van der Waals surface area contributed by atoms with Crippen LogP contribution in [0.25, 0.3) is 10.9 Å². The van der Waals surface area contributed by atoms with E-state index in [1.54, 1.807) is 6.20 Å². The molecule has 1 aromatic heterocycles. The normalized spacial score (nSPS) is 10.6. The summed E-state index contributed by atoms with van der Waals surface area (Å²) < 4.78 is 0. The summed E-state index contributed by atoms with van der Waals surface area (Å²) in [5.74, 6) is 0.0372. The standard InChI is InChI=1S/C15H19N3O/c16-10-3-1-2-9-14(19)18-13-8-4-6-12-7-5-11-17-15(12)13/h4-8,11H,1-3,9-10,16H2,(H,18,19). The first-order valence-corrected chi connectivity index (χ1v) is 6.65. The smallest absolute Gasteiger partial charge is 0.224 e. The molecular formula is C15H19N3O. The lowest BCUT2D eigenvalue weighted by Crippen LogP contribution is -2.11. The maximum atomic E-state index is 11.8. The van der Waals surface area contributed by atoms with E-state index in [0.29, 0.717) is 13.0 Å². The maximum absolute atomic E-state index is 11.8. The monoisotopic (exact) mass is 257 g/mol. The Labute approximate surface area is 113 Å². The Morgan fingerprint density at radius 1 is 1.16 bits per heavy atom. The minimum atomic E-state index is 0.0372. The second kappa shape index (κ2) is 6.85. The van der Waals surface area contributed by atoms with E-state index < -0.39 is 0 Å². The Balaban J connectivity index is 1.99. The summed E-state index contributed by atoms with van der Waals surface area (Å²) in [6, 6.07) is 9.67. The molecule has 4 nitrogen and oxygen atoms in total. The summed E-state index contributed by atoms with van der Waals surface area (Å²) in [7, 11) is 0. The quantitative estimate of drug-likeness (QED) is 0.782. The predicted octanol–water partition coefficient (Wildman–Crippen LogP) is 2.69. The molecule has 0 unspecified atom stereocenters. The molecule has 1 aromatic carbocycles. The number of carbonyl (C=O) groups excluding carboxylic acids is 1. The van der Waals surface area contributed by atoms with Crippen LogP contribution in [-0.4, -0.2) is 17.4 Å². The molecule has 2 aromatic rings. The molecule has 0 fully saturated rings. The molecular weight excluding hydrogens is 238 g/mol. The minimum Gasteiger partial charge on any atom is -0.330 e. The topological polar surface area (TPSA) is 68.0 Å². The van der Waals surface area contributed by atoms with E-state index in [-0.39, 0.29) is 5.91 Å². The first-order valence-electron chi connectivity index (χ1n) is 6.65. The number of nitrogens with two attached hydrogens (primary N) is 1. The number of anilines is 1. The zero-order valence-electron chi connectivity index (χ0n) is 10.9. The second-order valence-electron chi connectivity index (χ2n) is 4.53. The lowest BCUT2D eigenvalue weighted by atomic mass is 10.1. The molecule has 3 N–H and O–H groups in total. The SMILES string of the molecule is NCCCCCC(=O)Nc1cccc2cccnc12. The first kappa shape index (κ1) is 13.5. The number of nitrogens with one attached hydrogen (secondary N) is 1. The van der Waals surface area contributed by atoms with E-state index in [1.165, 1.54) is 0 Å². The van der Waals surface area contributed by atoms with Crippen LogP contribution in [0.2, 0.25) is 0 Å². The van der Waals surface area contributed by atoms with Crippen molar-refractivity contribution in [2.24, 2.45) is 5.73 Å². The van der Waals surface area contributed by atoms with Crippen molar-refractivity contribution in [3.63, 3.8) is 0 Å². The van der Waals surface area contributed by atoms with Crippen molar-refractivity contribution >= 4 is 22.5 Å². The molecule has 0 saturated heterocycles. The number of amides is 1. The molecule has 19 heavy (non-hydrogen) atoms. The fraction of sp³-hybridized carbons (Fsp3) is 0.333. The molecule has 4 heteroatoms. The van der Waals surface area contributed by atoms with Gasteiger partial charge in [0, 0.05) is 18.0 Å². The van der Waals surface area contributed by atoms with Gasteiger partial charge >= 0.3 is 0 Å². The molecule has 2 rings (SSSR count). The molecule has 1 heterocycles. The van der Waals surface area contributed by atoms with Gasteiger partial charge in [0.05, 0.1) is 11.2 Å². The fourth-order valence-electron chi connectivity index (χ4n) is 2.02. The summed E-state index contributed by atoms with van der Waals surface area (Å²) in [6.45, 7) is 0.689. The van der Waals surface area contributed by atoms with E-state index >= 15 is 0 Å². The zero-order chi connectivity index (χ0) is 13.5. The summed E-state index contributed by atoms with van der Waals surface area (Å²) in [6.07, 6.45) is 5.12. The fourth-order valence-corrected chi connectivity index (χ4v) is 2.02. The second-order valence-corrected chi connectivity index (χ2v) is 4.53. The van der Waals surface area contributed by atoms with E-state index in [0.717, 1.165) is 35.9 Å². The number of aromatic nitrogens is 1. The van der Waals surface area contributed by atoms with Gasteiger partial charge in [0.15, 0.2) is 0 Å². The molecule has 0 aliphatic carbocycles. The van der Waals surface area contributed by atoms with Crippen molar-refractivity contribution in [3.8, 4) is 0 Å². The lowest BCUT2D eigenvalue weighted by molar-refractivity contribution is -0.116. The van der Waals surface area contributed by atoms with Crippen molar-refractivity contribution in [3.05, 3.63) is 36.5 Å². The molecule has 0 bridgehead atoms. The third-order valence-corrected chi connectivity index (χ3v) is 3.01. The van der Waals surface area contributed by atoms with Crippen LogP contribution in [0.5, 0.6) is 0 Å². The van der Waals surface area contributed by atoms with Crippen molar-refractivity contribution in [1.82, 2.24) is 4.98 Å². The molecule has 0 aliphatic heterocycles. The third kappa shape index (κ3) is 3.76. The van der Waals surface area contributed by atoms with Gasteiger partial charge in [-0.2, -0.15) is 0 Å². The number of rotatable bonds is 6. The van der Waals surface area contributed by atoms with Crippen LogP contribution >= 0.6 is 0 Å². The number of hydrogen-bond acceptors (Lipinski definition) is 3. The number of benzene rings is 1. The molecule has 0 aliphatic rings. The number of fused-ring (bicyclic) bond motifs is 1. The number of hydrogen-bond donors (Lipinski definition) is 2. The first-order chi connectivity index (χ1) is 9.31. The Bertz CT molecular complexity index is 549. The van der Waals surface area contributed by atoms with Gasteiger partial charge in [-0.15, -0.1) is 0 Å². The third-order valence-electron chi connectivity index (χ3n) is 3.01. The Morgan fingerprint density at radius 3 is 2.84 bits per heavy atom. The van der Waals surface area contributed by atoms with Gasteiger partial charge in [-0.05, 0) is 31.5 Å². The lowest BCUT2D eigenvalue weighted by Gasteiger charge is -2.07. The van der Waals surface area contributed by atoms with Crippen molar-refractivity contribution < 1.29 is 4.79 Å². The highest BCUT2D eigenvalue weighted by atomic mass is 16.1. The van der Waals surface area contributed by atoms with Gasteiger partial charge in [-0.3, -0.25) is 9.78 Å². The van der Waals surface area contributed by atoms with Crippen molar-refractivity contribution in [1.29, 1.82) is 0 Å². The van der Waals surface area contributed by atoms with Gasteiger partial charge in [0.1, 0.15) is 0 Å². The van der Waals surface area contributed by atoms with E-state index in [1.807, 2.05) is 30.3 Å². The number of nitrogens with zero attached hydrogens (tertiary/aromatic N) is 1. The molecule has 0 spiro atoms. The summed E-state index contributed by atoms with van der Waals surface area (Å²) in [4.78, 5) is 16.2. The van der Waals surface area contributed by atoms with Crippen LogP contribution in [0.3, 0.4) is 0 Å². The summed E-state index contributed by atoms with van der Waals surface area (Å²) >= 11 is 0. The number of carbonyl (C=O) groups is 1. The van der Waals surface area contributed by atoms with Crippen LogP contribution in [0.4, 0.5) is 5.69 Å². The van der Waals surface area contributed by atoms with Crippen LogP contribution in [-0.2, 0) is 4.79 Å². The van der Waals surface area contributed by atoms with Crippen molar-refractivity contribution in [2.45, 2.75) is 25.7 Å². The predicted molar refractivity (Wildman–Crippen MR) is 77.9 cm³/mol. The Hall–Kier alpha value is -1.94. The average Bonchev–Trinajstić information content (AvgIpc) is 2.44. The number of para-hydroxylation sites is 1. The zero-order valence-corrected chi connectivity index (χ0v) is 10.9. The van der Waals surface area contributed by atoms with Gasteiger partial charge < -0.3 is 11.1 Å². The van der Waals surface area contributed by atoms with E-state index in [4.69, 9.17) is 5.73 Å². The number of unbranched alkanes of at least 4 members (excludes halogenated alkanes) is 2. The minimum absolute atomic E-state index is 0.0372. The van der Waals surface area contributed by atoms with Crippen LogP contribution in [0.1, 0.15) is 25.7 Å². The largest absolute Gasteiger partial charge is 0.330 e. The highest BCUT2D eigenvalue weighted by Gasteiger charge is 2.06. The highest BCUT2D eigenvalue weighted by molar-refractivity contribution is 6.00. The molecule has 100 valence electrons.